The molecule has 0 aliphatic carbocycles. The monoisotopic (exact) mass is 148 g/mol. The van der Waals surface area contributed by atoms with Crippen LogP contribution >= 0.6 is 0 Å². The van der Waals surface area contributed by atoms with Crippen LogP contribution in [0.25, 0.3) is 0 Å². The third kappa shape index (κ3) is 2.05. The van der Waals surface area contributed by atoms with E-state index in [-0.39, 0.29) is 0 Å². The summed E-state index contributed by atoms with van der Waals surface area (Å²) in [6.45, 7) is 2.76. The summed E-state index contributed by atoms with van der Waals surface area (Å²) >= 11 is 0. The summed E-state index contributed by atoms with van der Waals surface area (Å²) in [6.07, 6.45) is 3.26. The van der Waals surface area contributed by atoms with Gasteiger partial charge >= 0.3 is 0 Å². The highest BCUT2D eigenvalue weighted by molar-refractivity contribution is 5.32. The number of rotatable bonds is 3. The van der Waals surface area contributed by atoms with Crippen molar-refractivity contribution in [2.24, 2.45) is 5.73 Å². The molecule has 0 heterocycles. The number of hydrogen-bond acceptors (Lipinski definition) is 1. The van der Waals surface area contributed by atoms with Crippen LogP contribution in [0.2, 0.25) is 0 Å². The third-order valence-corrected chi connectivity index (χ3v) is 1.70. The Morgan fingerprint density at radius 2 is 2.09 bits per heavy atom. The average Bonchev–Trinajstić information content (AvgIpc) is 2.06. The quantitative estimate of drug-likeness (QED) is 0.698. The largest absolute Gasteiger partial charge is 0.326 e. The zero-order valence-corrected chi connectivity index (χ0v) is 6.88. The fraction of sp³-hybridized carbons (Fsp3) is 0.300. The fourth-order valence-corrected chi connectivity index (χ4v) is 1.14. The van der Waals surface area contributed by atoms with Crippen molar-refractivity contribution in [3.05, 3.63) is 41.8 Å². The van der Waals surface area contributed by atoms with E-state index < -0.39 is 0 Å². The molecule has 11 heavy (non-hydrogen) atoms. The van der Waals surface area contributed by atoms with E-state index in [1.165, 1.54) is 11.1 Å². The minimum atomic E-state index is 0.632. The van der Waals surface area contributed by atoms with Gasteiger partial charge in [-0.3, -0.25) is 0 Å². The lowest BCUT2D eigenvalue weighted by molar-refractivity contribution is 1.03. The number of nitrogens with two attached hydrogens (primary N) is 1. The first-order valence-corrected chi connectivity index (χ1v) is 3.99. The standard InChI is InChI=1S/C10H14N/c1-2-5-9-6-3-4-7-10(9)8-11/h3-7H,2,8,11H2,1H3. The predicted molar refractivity (Wildman–Crippen MR) is 48.0 cm³/mol. The molecule has 0 aliphatic rings. The third-order valence-electron chi connectivity index (χ3n) is 1.70. The van der Waals surface area contributed by atoms with E-state index in [1.807, 2.05) is 12.1 Å². The Morgan fingerprint density at radius 1 is 1.36 bits per heavy atom. The molecule has 0 aliphatic heterocycles. The molecule has 0 bridgehead atoms. The van der Waals surface area contributed by atoms with Crippen molar-refractivity contribution in [3.8, 4) is 0 Å². The molecular formula is C10H14N. The lowest BCUT2D eigenvalue weighted by Gasteiger charge is -2.04. The molecule has 1 nitrogen and oxygen atoms in total. The molecule has 2 N–H and O–H groups in total. The topological polar surface area (TPSA) is 26.0 Å². The van der Waals surface area contributed by atoms with Crippen molar-refractivity contribution < 1.29 is 0 Å². The second-order valence-corrected chi connectivity index (χ2v) is 2.52. The van der Waals surface area contributed by atoms with Gasteiger partial charge < -0.3 is 5.73 Å². The van der Waals surface area contributed by atoms with Crippen LogP contribution in [0.3, 0.4) is 0 Å². The normalized spacial score (nSPS) is 10.0. The van der Waals surface area contributed by atoms with E-state index in [9.17, 15) is 0 Å². The summed E-state index contributed by atoms with van der Waals surface area (Å²) in [5.41, 5.74) is 8.07. The second-order valence-electron chi connectivity index (χ2n) is 2.52. The highest BCUT2D eigenvalue weighted by Crippen LogP contribution is 2.11. The molecule has 1 heteroatoms. The fourth-order valence-electron chi connectivity index (χ4n) is 1.14. The molecule has 1 aromatic carbocycles. The smallest absolute Gasteiger partial charge is 0.0180 e. The Balaban J connectivity index is 2.83. The molecule has 0 unspecified atom stereocenters. The van der Waals surface area contributed by atoms with E-state index in [0.29, 0.717) is 6.54 Å². The SMILES string of the molecule is CC[CH]c1ccccc1CN. The van der Waals surface area contributed by atoms with Crippen LogP contribution in [0.15, 0.2) is 24.3 Å². The van der Waals surface area contributed by atoms with Gasteiger partial charge in [0.05, 0.1) is 0 Å². The van der Waals surface area contributed by atoms with Gasteiger partial charge in [0.1, 0.15) is 0 Å². The van der Waals surface area contributed by atoms with E-state index in [1.54, 1.807) is 0 Å². The Hall–Kier alpha value is -0.820. The molecule has 0 fully saturated rings. The lowest BCUT2D eigenvalue weighted by Crippen LogP contribution is -1.99. The molecule has 0 atom stereocenters. The van der Waals surface area contributed by atoms with Gasteiger partial charge in [-0.15, -0.1) is 0 Å². The Bertz CT molecular complexity index is 218. The molecule has 59 valence electrons. The van der Waals surface area contributed by atoms with Crippen LogP contribution in [0.5, 0.6) is 0 Å². The second kappa shape index (κ2) is 4.14. The first-order valence-electron chi connectivity index (χ1n) is 3.99. The van der Waals surface area contributed by atoms with Crippen LogP contribution in [0.1, 0.15) is 24.5 Å². The maximum absolute atomic E-state index is 5.56. The van der Waals surface area contributed by atoms with E-state index in [4.69, 9.17) is 5.73 Å². The van der Waals surface area contributed by atoms with Gasteiger partial charge in [-0.1, -0.05) is 31.2 Å². The molecule has 0 aromatic heterocycles. The van der Waals surface area contributed by atoms with Gasteiger partial charge in [0, 0.05) is 6.54 Å². The van der Waals surface area contributed by atoms with Crippen LogP contribution in [0.4, 0.5) is 0 Å². The first-order chi connectivity index (χ1) is 5.38. The van der Waals surface area contributed by atoms with Gasteiger partial charge in [-0.25, -0.2) is 0 Å². The summed E-state index contributed by atoms with van der Waals surface area (Å²) in [7, 11) is 0. The van der Waals surface area contributed by atoms with Gasteiger partial charge in [0.15, 0.2) is 0 Å². The maximum atomic E-state index is 5.56. The highest BCUT2D eigenvalue weighted by Gasteiger charge is 1.96. The maximum Gasteiger partial charge on any atom is 0.0180 e. The van der Waals surface area contributed by atoms with E-state index in [0.717, 1.165) is 6.42 Å². The Labute approximate surface area is 68.2 Å². The number of hydrogen-bond donors (Lipinski definition) is 1. The van der Waals surface area contributed by atoms with Crippen molar-refractivity contribution in [2.45, 2.75) is 19.9 Å². The average molecular weight is 148 g/mol. The highest BCUT2D eigenvalue weighted by atomic mass is 14.5. The van der Waals surface area contributed by atoms with Gasteiger partial charge in [0.2, 0.25) is 0 Å². The molecule has 0 saturated heterocycles. The van der Waals surface area contributed by atoms with Crippen LogP contribution in [-0.2, 0) is 6.54 Å². The first kappa shape index (κ1) is 8.28. The Morgan fingerprint density at radius 3 is 2.73 bits per heavy atom. The minimum Gasteiger partial charge on any atom is -0.326 e. The summed E-state index contributed by atoms with van der Waals surface area (Å²) in [5.74, 6) is 0. The summed E-state index contributed by atoms with van der Waals surface area (Å²) < 4.78 is 0. The van der Waals surface area contributed by atoms with E-state index in [2.05, 4.69) is 25.5 Å². The van der Waals surface area contributed by atoms with Crippen molar-refractivity contribution in [3.63, 3.8) is 0 Å². The summed E-state index contributed by atoms with van der Waals surface area (Å²) in [4.78, 5) is 0. The van der Waals surface area contributed by atoms with Crippen molar-refractivity contribution in [2.75, 3.05) is 0 Å². The van der Waals surface area contributed by atoms with Crippen molar-refractivity contribution >= 4 is 0 Å². The molecule has 0 spiro atoms. The molecule has 0 saturated carbocycles. The molecular weight excluding hydrogens is 134 g/mol. The molecule has 1 aromatic rings. The van der Waals surface area contributed by atoms with E-state index >= 15 is 0 Å². The summed E-state index contributed by atoms with van der Waals surface area (Å²) in [5, 5.41) is 0. The van der Waals surface area contributed by atoms with Gasteiger partial charge in [0.25, 0.3) is 0 Å². The minimum absolute atomic E-state index is 0.632. The van der Waals surface area contributed by atoms with Gasteiger partial charge in [-0.05, 0) is 24.0 Å². The van der Waals surface area contributed by atoms with Crippen molar-refractivity contribution in [1.82, 2.24) is 0 Å². The molecule has 1 radical (unpaired) electrons. The van der Waals surface area contributed by atoms with Crippen LogP contribution < -0.4 is 5.73 Å². The van der Waals surface area contributed by atoms with Gasteiger partial charge in [-0.2, -0.15) is 0 Å². The Kier molecular flexibility index (Phi) is 3.12. The molecule has 1 rings (SSSR count). The van der Waals surface area contributed by atoms with Crippen molar-refractivity contribution in [1.29, 1.82) is 0 Å². The summed E-state index contributed by atoms with van der Waals surface area (Å²) in [6, 6.07) is 8.24. The predicted octanol–water partition coefficient (Wildman–Crippen LogP) is 2.11. The van der Waals surface area contributed by atoms with Crippen LogP contribution in [0, 0.1) is 6.42 Å². The van der Waals surface area contributed by atoms with Crippen LogP contribution in [-0.4, -0.2) is 0 Å². The lowest BCUT2D eigenvalue weighted by atomic mass is 10.0. The zero-order chi connectivity index (χ0) is 8.10. The number of benzene rings is 1. The molecule has 0 amide bonds. The zero-order valence-electron chi connectivity index (χ0n) is 6.88.